The molecule has 2 aliphatic heterocycles. The standard InChI is InChI=1S/C27H40N6O/c1-2-14-28-25-18-26(30-21-29-25)33-15-6-9-23(20-33)10-11-27(34)31-24-12-16-32(17-13-24)19-22-7-4-3-5-8-22/h3-5,7-8,18,21,23-24H,2,6,9-17,19-20H2,1H3,(H,31,34)(H,28,29,30)/t23-/m1/s1. The van der Waals surface area contributed by atoms with Gasteiger partial charge in [0.1, 0.15) is 18.0 Å². The molecule has 0 radical (unpaired) electrons. The van der Waals surface area contributed by atoms with Crippen molar-refractivity contribution < 1.29 is 4.79 Å². The fraction of sp³-hybridized carbons (Fsp3) is 0.593. The average molecular weight is 465 g/mol. The maximum absolute atomic E-state index is 12.7. The Labute approximate surface area is 204 Å². The Balaban J connectivity index is 1.16. The van der Waals surface area contributed by atoms with Crippen LogP contribution in [0.5, 0.6) is 0 Å². The Morgan fingerprint density at radius 2 is 1.91 bits per heavy atom. The summed E-state index contributed by atoms with van der Waals surface area (Å²) in [4.78, 5) is 26.3. The summed E-state index contributed by atoms with van der Waals surface area (Å²) in [6.07, 6.45) is 8.70. The molecule has 2 aromatic rings. The maximum atomic E-state index is 12.7. The highest BCUT2D eigenvalue weighted by molar-refractivity contribution is 5.76. The molecule has 7 heteroatoms. The van der Waals surface area contributed by atoms with Crippen LogP contribution in [0.4, 0.5) is 11.6 Å². The molecule has 1 amide bonds. The van der Waals surface area contributed by atoms with Gasteiger partial charge in [0.05, 0.1) is 0 Å². The minimum absolute atomic E-state index is 0.215. The molecule has 1 aromatic carbocycles. The first-order chi connectivity index (χ1) is 16.7. The largest absolute Gasteiger partial charge is 0.370 e. The Morgan fingerprint density at radius 1 is 1.09 bits per heavy atom. The van der Waals surface area contributed by atoms with Crippen LogP contribution in [0.15, 0.2) is 42.7 Å². The van der Waals surface area contributed by atoms with Crippen LogP contribution in [0.1, 0.15) is 57.4 Å². The van der Waals surface area contributed by atoms with Crippen molar-refractivity contribution in [3.63, 3.8) is 0 Å². The van der Waals surface area contributed by atoms with Gasteiger partial charge in [-0.2, -0.15) is 0 Å². The van der Waals surface area contributed by atoms with Gasteiger partial charge in [0, 0.05) is 57.8 Å². The highest BCUT2D eigenvalue weighted by atomic mass is 16.1. The topological polar surface area (TPSA) is 73.4 Å². The van der Waals surface area contributed by atoms with Gasteiger partial charge >= 0.3 is 0 Å². The van der Waals surface area contributed by atoms with Crippen LogP contribution in [0.2, 0.25) is 0 Å². The van der Waals surface area contributed by atoms with Gasteiger partial charge in [-0.05, 0) is 50.0 Å². The smallest absolute Gasteiger partial charge is 0.220 e. The van der Waals surface area contributed by atoms with Gasteiger partial charge in [-0.25, -0.2) is 9.97 Å². The highest BCUT2D eigenvalue weighted by Gasteiger charge is 2.24. The molecule has 2 saturated heterocycles. The lowest BCUT2D eigenvalue weighted by molar-refractivity contribution is -0.122. The number of rotatable bonds is 10. The summed E-state index contributed by atoms with van der Waals surface area (Å²) in [5.74, 6) is 2.63. The van der Waals surface area contributed by atoms with E-state index in [1.54, 1.807) is 6.33 Å². The zero-order valence-electron chi connectivity index (χ0n) is 20.6. The van der Waals surface area contributed by atoms with E-state index >= 15 is 0 Å². The summed E-state index contributed by atoms with van der Waals surface area (Å²) in [5.41, 5.74) is 1.36. The first kappa shape index (κ1) is 24.5. The van der Waals surface area contributed by atoms with Gasteiger partial charge in [0.2, 0.25) is 5.91 Å². The molecule has 34 heavy (non-hydrogen) atoms. The van der Waals surface area contributed by atoms with Crippen molar-refractivity contribution in [2.45, 2.75) is 64.5 Å². The number of carbonyl (C=O) groups is 1. The second-order valence-corrected chi connectivity index (χ2v) is 9.78. The van der Waals surface area contributed by atoms with Crippen molar-refractivity contribution in [3.05, 3.63) is 48.3 Å². The van der Waals surface area contributed by atoms with Crippen LogP contribution in [0.25, 0.3) is 0 Å². The van der Waals surface area contributed by atoms with E-state index in [4.69, 9.17) is 0 Å². The lowest BCUT2D eigenvalue weighted by atomic mass is 9.93. The molecule has 2 N–H and O–H groups in total. The molecule has 0 aliphatic carbocycles. The lowest BCUT2D eigenvalue weighted by Crippen LogP contribution is -2.44. The highest BCUT2D eigenvalue weighted by Crippen LogP contribution is 2.25. The molecule has 0 unspecified atom stereocenters. The van der Waals surface area contributed by atoms with Crippen LogP contribution >= 0.6 is 0 Å². The normalized spacial score (nSPS) is 19.7. The van der Waals surface area contributed by atoms with E-state index in [0.29, 0.717) is 18.4 Å². The zero-order chi connectivity index (χ0) is 23.6. The number of carbonyl (C=O) groups excluding carboxylic acids is 1. The monoisotopic (exact) mass is 464 g/mol. The van der Waals surface area contributed by atoms with Crippen molar-refractivity contribution in [3.8, 4) is 0 Å². The molecule has 2 fully saturated rings. The number of nitrogens with one attached hydrogen (secondary N) is 2. The first-order valence-electron chi connectivity index (χ1n) is 13.1. The van der Waals surface area contributed by atoms with Crippen LogP contribution in [0, 0.1) is 5.92 Å². The average Bonchev–Trinajstić information content (AvgIpc) is 2.88. The number of nitrogens with zero attached hydrogens (tertiary/aromatic N) is 4. The molecule has 184 valence electrons. The van der Waals surface area contributed by atoms with Crippen LogP contribution < -0.4 is 15.5 Å². The minimum Gasteiger partial charge on any atom is -0.370 e. The molecule has 0 bridgehead atoms. The minimum atomic E-state index is 0.215. The molecule has 0 saturated carbocycles. The number of hydrogen-bond donors (Lipinski definition) is 2. The number of piperidine rings is 2. The number of anilines is 2. The molecular weight excluding hydrogens is 424 g/mol. The Bertz CT molecular complexity index is 884. The molecule has 0 spiro atoms. The second kappa shape index (κ2) is 12.7. The summed E-state index contributed by atoms with van der Waals surface area (Å²) >= 11 is 0. The first-order valence-corrected chi connectivity index (χ1v) is 13.1. The fourth-order valence-electron chi connectivity index (χ4n) is 5.09. The van der Waals surface area contributed by atoms with E-state index in [0.717, 1.165) is 83.0 Å². The summed E-state index contributed by atoms with van der Waals surface area (Å²) in [6.45, 7) is 8.15. The van der Waals surface area contributed by atoms with E-state index in [-0.39, 0.29) is 5.91 Å². The molecule has 1 aromatic heterocycles. The molecular formula is C27H40N6O. The lowest BCUT2D eigenvalue weighted by Gasteiger charge is -2.34. The fourth-order valence-corrected chi connectivity index (χ4v) is 5.09. The van der Waals surface area contributed by atoms with Crippen LogP contribution in [-0.2, 0) is 11.3 Å². The summed E-state index contributed by atoms with van der Waals surface area (Å²) < 4.78 is 0. The van der Waals surface area contributed by atoms with Crippen molar-refractivity contribution in [2.75, 3.05) is 42.9 Å². The maximum Gasteiger partial charge on any atom is 0.220 e. The zero-order valence-corrected chi connectivity index (χ0v) is 20.6. The van der Waals surface area contributed by atoms with E-state index < -0.39 is 0 Å². The number of benzene rings is 1. The number of amides is 1. The Kier molecular flexibility index (Phi) is 9.13. The van der Waals surface area contributed by atoms with E-state index in [2.05, 4.69) is 73.7 Å². The van der Waals surface area contributed by atoms with Gasteiger partial charge in [-0.1, -0.05) is 37.3 Å². The summed E-state index contributed by atoms with van der Waals surface area (Å²) in [5, 5.41) is 6.65. The molecule has 3 heterocycles. The molecule has 7 nitrogen and oxygen atoms in total. The number of hydrogen-bond acceptors (Lipinski definition) is 6. The van der Waals surface area contributed by atoms with Crippen molar-refractivity contribution >= 4 is 17.5 Å². The summed E-state index contributed by atoms with van der Waals surface area (Å²) in [7, 11) is 0. The van der Waals surface area contributed by atoms with Crippen LogP contribution in [0.3, 0.4) is 0 Å². The van der Waals surface area contributed by atoms with Crippen molar-refractivity contribution in [1.82, 2.24) is 20.2 Å². The van der Waals surface area contributed by atoms with Gasteiger partial charge in [0.15, 0.2) is 0 Å². The van der Waals surface area contributed by atoms with Gasteiger partial charge in [-0.15, -0.1) is 0 Å². The number of aromatic nitrogens is 2. The number of likely N-dealkylation sites (tertiary alicyclic amines) is 1. The quantitative estimate of drug-likeness (QED) is 0.552. The Hall–Kier alpha value is -2.67. The van der Waals surface area contributed by atoms with E-state index in [9.17, 15) is 4.79 Å². The Morgan fingerprint density at radius 3 is 2.71 bits per heavy atom. The van der Waals surface area contributed by atoms with Gasteiger partial charge in [-0.3, -0.25) is 9.69 Å². The third kappa shape index (κ3) is 7.42. The predicted octanol–water partition coefficient (Wildman–Crippen LogP) is 4.08. The molecule has 4 rings (SSSR count). The molecule has 2 aliphatic rings. The van der Waals surface area contributed by atoms with Gasteiger partial charge < -0.3 is 15.5 Å². The van der Waals surface area contributed by atoms with E-state index in [1.807, 2.05) is 0 Å². The van der Waals surface area contributed by atoms with Gasteiger partial charge in [0.25, 0.3) is 0 Å². The van der Waals surface area contributed by atoms with Crippen LogP contribution in [-0.4, -0.2) is 59.5 Å². The SMILES string of the molecule is CCCNc1cc(N2CCC[C@H](CCC(=O)NC3CCN(Cc4ccccc4)CC3)C2)ncn1. The molecule has 1 atom stereocenters. The third-order valence-corrected chi connectivity index (χ3v) is 7.03. The van der Waals surface area contributed by atoms with E-state index in [1.165, 1.54) is 12.0 Å². The predicted molar refractivity (Wildman–Crippen MR) is 138 cm³/mol. The third-order valence-electron chi connectivity index (χ3n) is 7.03. The van der Waals surface area contributed by atoms with Crippen molar-refractivity contribution in [1.29, 1.82) is 0 Å². The van der Waals surface area contributed by atoms with Crippen molar-refractivity contribution in [2.24, 2.45) is 5.92 Å². The summed E-state index contributed by atoms with van der Waals surface area (Å²) in [6, 6.07) is 13.0. The second-order valence-electron chi connectivity index (χ2n) is 9.78.